The minimum Gasteiger partial charge on any atom is -0.378 e. The Morgan fingerprint density at radius 1 is 0.960 bits per heavy atom. The third-order valence-corrected chi connectivity index (χ3v) is 3.98. The molecule has 1 aliphatic rings. The van der Waals surface area contributed by atoms with Crippen LogP contribution in [0.4, 0.5) is 11.4 Å². The quantitative estimate of drug-likeness (QED) is 0.873. The number of hydrogen-bond acceptors (Lipinski definition) is 4. The molecule has 0 bridgehead atoms. The van der Waals surface area contributed by atoms with Crippen molar-refractivity contribution >= 4 is 23.2 Å². The lowest BCUT2D eigenvalue weighted by molar-refractivity contribution is -0.115. The summed E-state index contributed by atoms with van der Waals surface area (Å²) >= 11 is 0. The first-order valence-electron chi connectivity index (χ1n) is 8.29. The summed E-state index contributed by atoms with van der Waals surface area (Å²) in [6, 6.07) is 16.5. The SMILES string of the molecule is O=C(CNC(=O)c1ccccc1)Nc1ccccc1N1CCOCC1. The highest BCUT2D eigenvalue weighted by Crippen LogP contribution is 2.26. The van der Waals surface area contributed by atoms with E-state index in [0.717, 1.165) is 24.5 Å². The van der Waals surface area contributed by atoms with Crippen molar-refractivity contribution in [1.82, 2.24) is 5.32 Å². The molecule has 2 N–H and O–H groups in total. The van der Waals surface area contributed by atoms with Crippen LogP contribution in [0, 0.1) is 0 Å². The number of rotatable bonds is 5. The maximum atomic E-state index is 12.2. The second-order valence-corrected chi connectivity index (χ2v) is 5.71. The Bertz CT molecular complexity index is 728. The first-order valence-corrected chi connectivity index (χ1v) is 8.29. The molecule has 0 spiro atoms. The minimum absolute atomic E-state index is 0.0782. The number of para-hydroxylation sites is 2. The lowest BCUT2D eigenvalue weighted by atomic mass is 10.2. The monoisotopic (exact) mass is 339 g/mol. The van der Waals surface area contributed by atoms with Crippen molar-refractivity contribution in [3.63, 3.8) is 0 Å². The van der Waals surface area contributed by atoms with E-state index in [2.05, 4.69) is 15.5 Å². The fourth-order valence-electron chi connectivity index (χ4n) is 2.71. The second kappa shape index (κ2) is 8.30. The Hall–Kier alpha value is -2.86. The summed E-state index contributed by atoms with van der Waals surface area (Å²) in [4.78, 5) is 26.4. The van der Waals surface area contributed by atoms with Gasteiger partial charge in [0.05, 0.1) is 31.1 Å². The summed E-state index contributed by atoms with van der Waals surface area (Å²) in [5, 5.41) is 5.51. The van der Waals surface area contributed by atoms with Gasteiger partial charge in [0.1, 0.15) is 0 Å². The van der Waals surface area contributed by atoms with Gasteiger partial charge >= 0.3 is 0 Å². The van der Waals surface area contributed by atoms with Crippen LogP contribution in [0.5, 0.6) is 0 Å². The highest BCUT2D eigenvalue weighted by molar-refractivity contribution is 6.00. The molecule has 6 nitrogen and oxygen atoms in total. The van der Waals surface area contributed by atoms with Gasteiger partial charge in [0.25, 0.3) is 5.91 Å². The largest absolute Gasteiger partial charge is 0.378 e. The van der Waals surface area contributed by atoms with Crippen molar-refractivity contribution in [1.29, 1.82) is 0 Å². The molecule has 6 heteroatoms. The molecule has 0 aromatic heterocycles. The second-order valence-electron chi connectivity index (χ2n) is 5.71. The maximum absolute atomic E-state index is 12.2. The highest BCUT2D eigenvalue weighted by Gasteiger charge is 2.16. The normalized spacial score (nSPS) is 14.0. The molecular formula is C19H21N3O3. The number of morpholine rings is 1. The van der Waals surface area contributed by atoms with Gasteiger partial charge in [0.2, 0.25) is 5.91 Å². The Kier molecular flexibility index (Phi) is 5.64. The van der Waals surface area contributed by atoms with E-state index < -0.39 is 0 Å². The number of benzene rings is 2. The molecule has 0 saturated carbocycles. The van der Waals surface area contributed by atoms with Crippen molar-refractivity contribution in [2.45, 2.75) is 0 Å². The zero-order valence-electron chi connectivity index (χ0n) is 13.9. The molecule has 2 aromatic carbocycles. The zero-order chi connectivity index (χ0) is 17.5. The van der Waals surface area contributed by atoms with Crippen molar-refractivity contribution in [3.05, 3.63) is 60.2 Å². The summed E-state index contributed by atoms with van der Waals surface area (Å²) in [6.45, 7) is 2.85. The average Bonchev–Trinajstić information content (AvgIpc) is 2.68. The van der Waals surface area contributed by atoms with Gasteiger partial charge in [-0.15, -0.1) is 0 Å². The molecule has 1 heterocycles. The van der Waals surface area contributed by atoms with Gasteiger partial charge in [-0.25, -0.2) is 0 Å². The van der Waals surface area contributed by atoms with Gasteiger partial charge in [-0.3, -0.25) is 9.59 Å². The van der Waals surface area contributed by atoms with Gasteiger partial charge in [0, 0.05) is 18.7 Å². The summed E-state index contributed by atoms with van der Waals surface area (Å²) in [5.74, 6) is -0.526. The van der Waals surface area contributed by atoms with Crippen LogP contribution in [0.25, 0.3) is 0 Å². The third kappa shape index (κ3) is 4.58. The van der Waals surface area contributed by atoms with E-state index in [1.165, 1.54) is 0 Å². The molecule has 0 radical (unpaired) electrons. The minimum atomic E-state index is -0.266. The van der Waals surface area contributed by atoms with E-state index in [0.29, 0.717) is 18.8 Å². The number of hydrogen-bond donors (Lipinski definition) is 2. The van der Waals surface area contributed by atoms with Crippen LogP contribution in [-0.4, -0.2) is 44.7 Å². The Labute approximate surface area is 146 Å². The predicted octanol–water partition coefficient (Wildman–Crippen LogP) is 1.89. The van der Waals surface area contributed by atoms with Crippen molar-refractivity contribution in [3.8, 4) is 0 Å². The van der Waals surface area contributed by atoms with E-state index in [4.69, 9.17) is 4.74 Å². The average molecular weight is 339 g/mol. The molecule has 0 atom stereocenters. The Morgan fingerprint density at radius 3 is 2.40 bits per heavy atom. The van der Waals surface area contributed by atoms with Gasteiger partial charge in [-0.05, 0) is 24.3 Å². The lowest BCUT2D eigenvalue weighted by Gasteiger charge is -2.30. The fourth-order valence-corrected chi connectivity index (χ4v) is 2.71. The molecular weight excluding hydrogens is 318 g/mol. The summed E-state index contributed by atoms with van der Waals surface area (Å²) in [6.07, 6.45) is 0. The van der Waals surface area contributed by atoms with Crippen LogP contribution in [0.15, 0.2) is 54.6 Å². The first-order chi connectivity index (χ1) is 12.2. The molecule has 1 saturated heterocycles. The first kappa shape index (κ1) is 17.0. The maximum Gasteiger partial charge on any atom is 0.251 e. The fraction of sp³-hybridized carbons (Fsp3) is 0.263. The molecule has 0 unspecified atom stereocenters. The van der Waals surface area contributed by atoms with Crippen LogP contribution in [-0.2, 0) is 9.53 Å². The van der Waals surface area contributed by atoms with Gasteiger partial charge in [0.15, 0.2) is 0 Å². The topological polar surface area (TPSA) is 70.7 Å². The summed E-state index contributed by atoms with van der Waals surface area (Å²) < 4.78 is 5.37. The molecule has 25 heavy (non-hydrogen) atoms. The lowest BCUT2D eigenvalue weighted by Crippen LogP contribution is -2.37. The van der Waals surface area contributed by atoms with E-state index in [1.807, 2.05) is 30.3 Å². The Morgan fingerprint density at radius 2 is 1.64 bits per heavy atom. The molecule has 1 fully saturated rings. The van der Waals surface area contributed by atoms with Crippen molar-refractivity contribution in [2.75, 3.05) is 43.1 Å². The molecule has 2 aromatic rings. The van der Waals surface area contributed by atoms with Gasteiger partial charge in [-0.1, -0.05) is 30.3 Å². The van der Waals surface area contributed by atoms with E-state index in [-0.39, 0.29) is 18.4 Å². The van der Waals surface area contributed by atoms with Crippen LogP contribution in [0.2, 0.25) is 0 Å². The van der Waals surface area contributed by atoms with Crippen molar-refractivity contribution < 1.29 is 14.3 Å². The number of nitrogens with zero attached hydrogens (tertiary/aromatic N) is 1. The number of anilines is 2. The van der Waals surface area contributed by atoms with E-state index >= 15 is 0 Å². The van der Waals surface area contributed by atoms with Crippen LogP contribution in [0.1, 0.15) is 10.4 Å². The van der Waals surface area contributed by atoms with Crippen LogP contribution in [0.3, 0.4) is 0 Å². The number of nitrogens with one attached hydrogen (secondary N) is 2. The number of carbonyl (C=O) groups is 2. The molecule has 2 amide bonds. The molecule has 1 aliphatic heterocycles. The van der Waals surface area contributed by atoms with Crippen molar-refractivity contribution in [2.24, 2.45) is 0 Å². The Balaban J connectivity index is 1.59. The predicted molar refractivity (Wildman–Crippen MR) is 96.9 cm³/mol. The van der Waals surface area contributed by atoms with E-state index in [9.17, 15) is 9.59 Å². The van der Waals surface area contributed by atoms with Gasteiger partial charge < -0.3 is 20.3 Å². The van der Waals surface area contributed by atoms with E-state index in [1.54, 1.807) is 24.3 Å². The number of ether oxygens (including phenoxy) is 1. The van der Waals surface area contributed by atoms with Crippen LogP contribution >= 0.6 is 0 Å². The smallest absolute Gasteiger partial charge is 0.251 e. The molecule has 130 valence electrons. The molecule has 3 rings (SSSR count). The number of amides is 2. The third-order valence-electron chi connectivity index (χ3n) is 3.98. The zero-order valence-corrected chi connectivity index (χ0v) is 13.9. The standard InChI is InChI=1S/C19H21N3O3/c23-18(14-20-19(24)15-6-2-1-3-7-15)21-16-8-4-5-9-17(16)22-10-12-25-13-11-22/h1-9H,10-14H2,(H,20,24)(H,21,23). The number of carbonyl (C=O) groups excluding carboxylic acids is 2. The van der Waals surface area contributed by atoms with Crippen LogP contribution < -0.4 is 15.5 Å². The summed E-state index contributed by atoms with van der Waals surface area (Å²) in [7, 11) is 0. The summed E-state index contributed by atoms with van der Waals surface area (Å²) in [5.41, 5.74) is 2.24. The highest BCUT2D eigenvalue weighted by atomic mass is 16.5. The molecule has 0 aliphatic carbocycles. The van der Waals surface area contributed by atoms with Gasteiger partial charge in [-0.2, -0.15) is 0 Å².